The predicted molar refractivity (Wildman–Crippen MR) is 103 cm³/mol. The van der Waals surface area contributed by atoms with E-state index < -0.39 is 0 Å². The number of para-hydroxylation sites is 1. The number of carbonyl (C=O) groups excluding carboxylic acids is 1. The van der Waals surface area contributed by atoms with Gasteiger partial charge in [-0.15, -0.1) is 0 Å². The van der Waals surface area contributed by atoms with Crippen LogP contribution in [-0.4, -0.2) is 10.9 Å². The number of anilines is 3. The summed E-state index contributed by atoms with van der Waals surface area (Å²) in [5, 5.41) is 5.93. The van der Waals surface area contributed by atoms with Crippen LogP contribution < -0.4 is 10.6 Å². The van der Waals surface area contributed by atoms with Crippen LogP contribution in [0.4, 0.5) is 17.4 Å². The molecule has 0 spiro atoms. The van der Waals surface area contributed by atoms with Crippen LogP contribution in [0.15, 0.2) is 77.2 Å². The summed E-state index contributed by atoms with van der Waals surface area (Å²) in [4.78, 5) is 15.6. The van der Waals surface area contributed by atoms with Crippen LogP contribution in [-0.2, 0) is 4.79 Å². The van der Waals surface area contributed by atoms with Crippen molar-refractivity contribution in [3.05, 3.63) is 72.8 Å². The maximum atomic E-state index is 11.1. The number of carbonyl (C=O) groups is 1. The van der Waals surface area contributed by atoms with E-state index in [9.17, 15) is 4.79 Å². The Kier molecular flexibility index (Phi) is 4.11. The third-order valence-corrected chi connectivity index (χ3v) is 3.95. The Balaban J connectivity index is 1.60. The van der Waals surface area contributed by atoms with Gasteiger partial charge >= 0.3 is 0 Å². The zero-order valence-corrected chi connectivity index (χ0v) is 14.2. The van der Waals surface area contributed by atoms with Crippen molar-refractivity contribution >= 4 is 34.4 Å². The summed E-state index contributed by atoms with van der Waals surface area (Å²) in [6, 6.07) is 23.8. The molecule has 26 heavy (non-hydrogen) atoms. The summed E-state index contributed by atoms with van der Waals surface area (Å²) in [5.41, 5.74) is 5.29. The van der Waals surface area contributed by atoms with E-state index >= 15 is 0 Å². The first-order chi connectivity index (χ1) is 12.7. The fourth-order valence-electron chi connectivity index (χ4n) is 2.75. The number of hydrogen-bond acceptors (Lipinski definition) is 4. The van der Waals surface area contributed by atoms with Gasteiger partial charge in [0.2, 0.25) is 5.91 Å². The molecule has 0 radical (unpaired) electrons. The Labute approximate surface area is 150 Å². The van der Waals surface area contributed by atoms with Gasteiger partial charge in [0, 0.05) is 18.3 Å². The third kappa shape index (κ3) is 3.42. The number of oxazole rings is 1. The Morgan fingerprint density at radius 3 is 2.35 bits per heavy atom. The van der Waals surface area contributed by atoms with E-state index in [0.717, 1.165) is 33.6 Å². The molecule has 0 saturated heterocycles. The highest BCUT2D eigenvalue weighted by molar-refractivity contribution is 5.89. The Bertz CT molecular complexity index is 1050. The minimum atomic E-state index is -0.0831. The van der Waals surface area contributed by atoms with Gasteiger partial charge in [0.15, 0.2) is 5.58 Å². The van der Waals surface area contributed by atoms with Crippen molar-refractivity contribution in [3.63, 3.8) is 0 Å². The topological polar surface area (TPSA) is 67.2 Å². The Hall–Kier alpha value is -3.60. The number of rotatable bonds is 4. The van der Waals surface area contributed by atoms with Crippen molar-refractivity contribution in [2.75, 3.05) is 10.6 Å². The molecule has 4 aromatic rings. The smallest absolute Gasteiger partial charge is 0.300 e. The van der Waals surface area contributed by atoms with Gasteiger partial charge in [-0.3, -0.25) is 4.79 Å². The molecular formula is C21H17N3O2. The zero-order valence-electron chi connectivity index (χ0n) is 14.2. The van der Waals surface area contributed by atoms with Crippen LogP contribution in [0.1, 0.15) is 6.92 Å². The molecule has 4 rings (SSSR count). The Morgan fingerprint density at radius 2 is 1.62 bits per heavy atom. The minimum Gasteiger partial charge on any atom is -0.423 e. The van der Waals surface area contributed by atoms with Gasteiger partial charge < -0.3 is 15.1 Å². The highest BCUT2D eigenvalue weighted by atomic mass is 16.4. The summed E-state index contributed by atoms with van der Waals surface area (Å²) in [7, 11) is 0. The second-order valence-corrected chi connectivity index (χ2v) is 5.95. The monoisotopic (exact) mass is 343 g/mol. The molecular weight excluding hydrogens is 326 g/mol. The van der Waals surface area contributed by atoms with Crippen molar-refractivity contribution in [2.24, 2.45) is 0 Å². The van der Waals surface area contributed by atoms with Gasteiger partial charge in [-0.25, -0.2) is 0 Å². The summed E-state index contributed by atoms with van der Waals surface area (Å²) < 4.78 is 5.76. The lowest BCUT2D eigenvalue weighted by atomic mass is 10.0. The fraction of sp³-hybridized carbons (Fsp3) is 0.0476. The molecule has 0 fully saturated rings. The number of aromatic nitrogens is 1. The zero-order chi connectivity index (χ0) is 17.9. The number of hydrogen-bond donors (Lipinski definition) is 2. The van der Waals surface area contributed by atoms with Crippen LogP contribution in [0, 0.1) is 0 Å². The lowest BCUT2D eigenvalue weighted by molar-refractivity contribution is -0.114. The molecule has 0 saturated carbocycles. The molecule has 0 unspecified atom stereocenters. The third-order valence-electron chi connectivity index (χ3n) is 3.95. The second-order valence-electron chi connectivity index (χ2n) is 5.95. The van der Waals surface area contributed by atoms with E-state index in [1.54, 1.807) is 0 Å². The largest absolute Gasteiger partial charge is 0.423 e. The number of fused-ring (bicyclic) bond motifs is 1. The van der Waals surface area contributed by atoms with E-state index in [0.29, 0.717) is 6.01 Å². The average Bonchev–Trinajstić information content (AvgIpc) is 3.04. The number of nitrogens with one attached hydrogen (secondary N) is 2. The van der Waals surface area contributed by atoms with Gasteiger partial charge in [-0.05, 0) is 47.5 Å². The standard InChI is InChI=1S/C21H17N3O2/c1-14(25)22-18-10-7-15(8-11-18)16-9-12-20-19(13-16)24-21(26-20)23-17-5-3-2-4-6-17/h2-13H,1H3,(H,22,25)(H,23,24). The second kappa shape index (κ2) is 6.72. The fourth-order valence-corrected chi connectivity index (χ4v) is 2.75. The lowest BCUT2D eigenvalue weighted by Gasteiger charge is -2.04. The number of benzene rings is 3. The molecule has 1 amide bonds. The van der Waals surface area contributed by atoms with Crippen molar-refractivity contribution in [1.29, 1.82) is 0 Å². The first-order valence-corrected chi connectivity index (χ1v) is 8.28. The van der Waals surface area contributed by atoms with Gasteiger partial charge in [0.25, 0.3) is 6.01 Å². The molecule has 128 valence electrons. The van der Waals surface area contributed by atoms with E-state index in [1.165, 1.54) is 6.92 Å². The number of amides is 1. The highest BCUT2D eigenvalue weighted by Crippen LogP contribution is 2.28. The van der Waals surface area contributed by atoms with Crippen LogP contribution in [0.25, 0.3) is 22.2 Å². The summed E-state index contributed by atoms with van der Waals surface area (Å²) in [5.74, 6) is -0.0831. The van der Waals surface area contributed by atoms with Crippen molar-refractivity contribution in [1.82, 2.24) is 4.98 Å². The maximum absolute atomic E-state index is 11.1. The molecule has 3 aromatic carbocycles. The average molecular weight is 343 g/mol. The van der Waals surface area contributed by atoms with E-state index in [1.807, 2.05) is 72.8 Å². The van der Waals surface area contributed by atoms with Crippen molar-refractivity contribution < 1.29 is 9.21 Å². The van der Waals surface area contributed by atoms with Crippen molar-refractivity contribution in [2.45, 2.75) is 6.92 Å². The van der Waals surface area contributed by atoms with Crippen LogP contribution in [0.5, 0.6) is 0 Å². The molecule has 0 atom stereocenters. The molecule has 0 bridgehead atoms. The summed E-state index contributed by atoms with van der Waals surface area (Å²) >= 11 is 0. The van der Waals surface area contributed by atoms with Crippen LogP contribution >= 0.6 is 0 Å². The van der Waals surface area contributed by atoms with Crippen LogP contribution in [0.2, 0.25) is 0 Å². The molecule has 2 N–H and O–H groups in total. The molecule has 5 nitrogen and oxygen atoms in total. The van der Waals surface area contributed by atoms with Gasteiger partial charge in [-0.2, -0.15) is 4.98 Å². The normalized spacial score (nSPS) is 10.7. The SMILES string of the molecule is CC(=O)Nc1ccc(-c2ccc3oc(Nc4ccccc4)nc3c2)cc1. The van der Waals surface area contributed by atoms with E-state index in [-0.39, 0.29) is 5.91 Å². The first-order valence-electron chi connectivity index (χ1n) is 8.28. The van der Waals surface area contributed by atoms with Gasteiger partial charge in [0.05, 0.1) is 0 Å². The minimum absolute atomic E-state index is 0.0831. The predicted octanol–water partition coefficient (Wildman–Crippen LogP) is 5.20. The van der Waals surface area contributed by atoms with E-state index in [4.69, 9.17) is 4.42 Å². The Morgan fingerprint density at radius 1 is 0.885 bits per heavy atom. The van der Waals surface area contributed by atoms with Gasteiger partial charge in [-0.1, -0.05) is 36.4 Å². The number of nitrogens with zero attached hydrogens (tertiary/aromatic N) is 1. The first kappa shape index (κ1) is 15.9. The van der Waals surface area contributed by atoms with Gasteiger partial charge in [0.1, 0.15) is 5.52 Å². The molecule has 0 aliphatic heterocycles. The molecule has 1 aromatic heterocycles. The maximum Gasteiger partial charge on any atom is 0.300 e. The molecule has 0 aliphatic rings. The highest BCUT2D eigenvalue weighted by Gasteiger charge is 2.08. The summed E-state index contributed by atoms with van der Waals surface area (Å²) in [6.07, 6.45) is 0. The molecule has 5 heteroatoms. The van der Waals surface area contributed by atoms with E-state index in [2.05, 4.69) is 15.6 Å². The molecule has 1 heterocycles. The quantitative estimate of drug-likeness (QED) is 0.535. The summed E-state index contributed by atoms with van der Waals surface area (Å²) in [6.45, 7) is 1.49. The van der Waals surface area contributed by atoms with Crippen LogP contribution in [0.3, 0.4) is 0 Å². The van der Waals surface area contributed by atoms with Crippen molar-refractivity contribution in [3.8, 4) is 11.1 Å². The molecule has 0 aliphatic carbocycles. The lowest BCUT2D eigenvalue weighted by Crippen LogP contribution is -2.05.